The molecule has 29 heavy (non-hydrogen) atoms. The number of aliphatic imine (C=N–C) groups is 1. The van der Waals surface area contributed by atoms with Crippen LogP contribution in [0.3, 0.4) is 0 Å². The number of aromatic nitrogens is 2. The molecule has 0 bridgehead atoms. The average molecular weight is 542 g/mol. The molecular formula is C21H28IN5S2. The molecule has 1 aromatic carbocycles. The van der Waals surface area contributed by atoms with Crippen LogP contribution in [0.2, 0.25) is 0 Å². The lowest BCUT2D eigenvalue weighted by atomic mass is 10.2. The molecule has 3 aromatic rings. The molecule has 2 aromatic heterocycles. The monoisotopic (exact) mass is 541 g/mol. The standard InChI is InChI=1S/C21H27N5S2.HI/c1-4-22-21(24-12-19-26-18(14-27-19)15(2)3)23-11-10-17-13-28-20(25-17)16-8-6-5-7-9-16;/h5-9,13-15H,4,10-12H2,1-3H3,(H2,22,23,24);1H. The van der Waals surface area contributed by atoms with Gasteiger partial charge < -0.3 is 10.6 Å². The second kappa shape index (κ2) is 12.2. The van der Waals surface area contributed by atoms with Crippen molar-refractivity contribution in [3.8, 4) is 10.6 Å². The van der Waals surface area contributed by atoms with Crippen molar-refractivity contribution in [2.75, 3.05) is 13.1 Å². The summed E-state index contributed by atoms with van der Waals surface area (Å²) >= 11 is 3.37. The van der Waals surface area contributed by atoms with Crippen molar-refractivity contribution in [3.05, 3.63) is 57.5 Å². The molecule has 0 amide bonds. The Balaban J connectivity index is 0.00000300. The summed E-state index contributed by atoms with van der Waals surface area (Å²) in [5, 5.41) is 13.1. The maximum Gasteiger partial charge on any atom is 0.191 e. The van der Waals surface area contributed by atoms with E-state index < -0.39 is 0 Å². The lowest BCUT2D eigenvalue weighted by Gasteiger charge is -2.10. The molecular weight excluding hydrogens is 513 g/mol. The fourth-order valence-electron chi connectivity index (χ4n) is 2.60. The van der Waals surface area contributed by atoms with Crippen LogP contribution in [0.4, 0.5) is 0 Å². The van der Waals surface area contributed by atoms with Gasteiger partial charge in [-0.25, -0.2) is 15.0 Å². The molecule has 2 N–H and O–H groups in total. The predicted molar refractivity (Wildman–Crippen MR) is 136 cm³/mol. The van der Waals surface area contributed by atoms with Crippen LogP contribution in [0.25, 0.3) is 10.6 Å². The van der Waals surface area contributed by atoms with Crippen LogP contribution >= 0.6 is 46.7 Å². The molecule has 0 fully saturated rings. The summed E-state index contributed by atoms with van der Waals surface area (Å²) in [6.45, 7) is 8.62. The highest BCUT2D eigenvalue weighted by Crippen LogP contribution is 2.23. The van der Waals surface area contributed by atoms with Crippen LogP contribution in [0.5, 0.6) is 0 Å². The van der Waals surface area contributed by atoms with Crippen molar-refractivity contribution >= 4 is 52.6 Å². The number of benzene rings is 1. The van der Waals surface area contributed by atoms with E-state index in [2.05, 4.69) is 64.3 Å². The highest BCUT2D eigenvalue weighted by Gasteiger charge is 2.07. The van der Waals surface area contributed by atoms with E-state index in [4.69, 9.17) is 4.98 Å². The zero-order valence-electron chi connectivity index (χ0n) is 17.0. The van der Waals surface area contributed by atoms with E-state index >= 15 is 0 Å². The topological polar surface area (TPSA) is 62.2 Å². The van der Waals surface area contributed by atoms with Gasteiger partial charge in [0.1, 0.15) is 10.0 Å². The molecule has 0 spiro atoms. The lowest BCUT2D eigenvalue weighted by molar-refractivity contribution is 0.787. The van der Waals surface area contributed by atoms with Gasteiger partial charge in [-0.2, -0.15) is 0 Å². The van der Waals surface area contributed by atoms with Gasteiger partial charge in [0, 0.05) is 35.8 Å². The molecule has 8 heteroatoms. The summed E-state index contributed by atoms with van der Waals surface area (Å²) in [4.78, 5) is 14.1. The first-order valence-corrected chi connectivity index (χ1v) is 11.4. The summed E-state index contributed by atoms with van der Waals surface area (Å²) in [6, 6.07) is 10.3. The van der Waals surface area contributed by atoms with Gasteiger partial charge in [-0.15, -0.1) is 46.7 Å². The number of halogens is 1. The van der Waals surface area contributed by atoms with Crippen molar-refractivity contribution in [2.24, 2.45) is 4.99 Å². The van der Waals surface area contributed by atoms with Gasteiger partial charge in [0.25, 0.3) is 0 Å². The van der Waals surface area contributed by atoms with Gasteiger partial charge >= 0.3 is 0 Å². The normalized spacial score (nSPS) is 11.4. The summed E-state index contributed by atoms with van der Waals surface area (Å²) in [6.07, 6.45) is 0.864. The summed E-state index contributed by atoms with van der Waals surface area (Å²) in [5.41, 5.74) is 3.42. The van der Waals surface area contributed by atoms with E-state index in [0.29, 0.717) is 12.5 Å². The SMILES string of the molecule is CCNC(=NCc1nc(C(C)C)cs1)NCCc1csc(-c2ccccc2)n1.I. The van der Waals surface area contributed by atoms with E-state index in [1.54, 1.807) is 22.7 Å². The minimum Gasteiger partial charge on any atom is -0.357 e. The minimum atomic E-state index is 0. The molecule has 0 aliphatic rings. The Kier molecular flexibility index (Phi) is 10.0. The van der Waals surface area contributed by atoms with Gasteiger partial charge in [-0.3, -0.25) is 0 Å². The van der Waals surface area contributed by atoms with E-state index in [1.807, 2.05) is 18.2 Å². The molecule has 0 aliphatic carbocycles. The quantitative estimate of drug-likeness (QED) is 0.231. The second-order valence-corrected chi connectivity index (χ2v) is 8.50. The number of guanidine groups is 1. The van der Waals surface area contributed by atoms with Crippen LogP contribution in [-0.2, 0) is 13.0 Å². The molecule has 156 valence electrons. The largest absolute Gasteiger partial charge is 0.357 e. The van der Waals surface area contributed by atoms with Crippen molar-refractivity contribution in [2.45, 2.75) is 39.7 Å². The van der Waals surface area contributed by atoms with E-state index in [0.717, 1.165) is 46.9 Å². The van der Waals surface area contributed by atoms with Crippen LogP contribution in [0, 0.1) is 0 Å². The summed E-state index contributed by atoms with van der Waals surface area (Å²) < 4.78 is 0. The average Bonchev–Trinajstić information content (AvgIpc) is 3.37. The molecule has 0 unspecified atom stereocenters. The van der Waals surface area contributed by atoms with Crippen LogP contribution < -0.4 is 10.6 Å². The fourth-order valence-corrected chi connectivity index (χ4v) is 4.33. The third-order valence-electron chi connectivity index (χ3n) is 4.12. The molecule has 0 radical (unpaired) electrons. The summed E-state index contributed by atoms with van der Waals surface area (Å²) in [7, 11) is 0. The predicted octanol–water partition coefficient (Wildman–Crippen LogP) is 5.31. The number of nitrogens with one attached hydrogen (secondary N) is 2. The molecule has 0 saturated carbocycles. The zero-order chi connectivity index (χ0) is 19.8. The third kappa shape index (κ3) is 7.35. The highest BCUT2D eigenvalue weighted by molar-refractivity contribution is 14.0. The number of hydrogen-bond acceptors (Lipinski definition) is 5. The van der Waals surface area contributed by atoms with E-state index in [9.17, 15) is 0 Å². The lowest BCUT2D eigenvalue weighted by Crippen LogP contribution is -2.38. The van der Waals surface area contributed by atoms with E-state index in [-0.39, 0.29) is 24.0 Å². The Morgan fingerprint density at radius 3 is 2.55 bits per heavy atom. The molecule has 0 saturated heterocycles. The second-order valence-electron chi connectivity index (χ2n) is 6.70. The maximum absolute atomic E-state index is 4.75. The molecule has 3 rings (SSSR count). The Bertz CT molecular complexity index is 889. The first-order valence-electron chi connectivity index (χ1n) is 9.62. The van der Waals surface area contributed by atoms with Crippen LogP contribution in [-0.4, -0.2) is 29.0 Å². The number of nitrogens with zero attached hydrogens (tertiary/aromatic N) is 3. The Morgan fingerprint density at radius 1 is 1.07 bits per heavy atom. The van der Waals surface area contributed by atoms with Gasteiger partial charge in [-0.1, -0.05) is 44.2 Å². The smallest absolute Gasteiger partial charge is 0.191 e. The summed E-state index contributed by atoms with van der Waals surface area (Å²) in [5.74, 6) is 1.28. The molecule has 2 heterocycles. The van der Waals surface area contributed by atoms with Crippen LogP contribution in [0.1, 0.15) is 43.1 Å². The Hall–Kier alpha value is -1.52. The fraction of sp³-hybridized carbons (Fsp3) is 0.381. The van der Waals surface area contributed by atoms with Gasteiger partial charge in [-0.05, 0) is 12.8 Å². The van der Waals surface area contributed by atoms with E-state index in [1.165, 1.54) is 5.56 Å². The van der Waals surface area contributed by atoms with Crippen LogP contribution in [0.15, 0.2) is 46.1 Å². The van der Waals surface area contributed by atoms with Gasteiger partial charge in [0.2, 0.25) is 0 Å². The first-order chi connectivity index (χ1) is 13.7. The zero-order valence-corrected chi connectivity index (χ0v) is 21.0. The van der Waals surface area contributed by atoms with Crippen molar-refractivity contribution in [1.82, 2.24) is 20.6 Å². The number of thiazole rings is 2. The van der Waals surface area contributed by atoms with Crippen molar-refractivity contribution < 1.29 is 0 Å². The first kappa shape index (κ1) is 23.8. The maximum atomic E-state index is 4.75. The van der Waals surface area contributed by atoms with Gasteiger partial charge in [0.05, 0.1) is 17.9 Å². The molecule has 5 nitrogen and oxygen atoms in total. The molecule has 0 aliphatic heterocycles. The van der Waals surface area contributed by atoms with Crippen molar-refractivity contribution in [3.63, 3.8) is 0 Å². The van der Waals surface area contributed by atoms with Gasteiger partial charge in [0.15, 0.2) is 5.96 Å². The minimum absolute atomic E-state index is 0. The number of hydrogen-bond donors (Lipinski definition) is 2. The number of rotatable bonds is 8. The Labute approximate surface area is 198 Å². The molecule has 0 atom stereocenters. The van der Waals surface area contributed by atoms with Crippen molar-refractivity contribution in [1.29, 1.82) is 0 Å². The highest BCUT2D eigenvalue weighted by atomic mass is 127. The Morgan fingerprint density at radius 2 is 1.86 bits per heavy atom. The third-order valence-corrected chi connectivity index (χ3v) is 5.92.